The van der Waals surface area contributed by atoms with Crippen molar-refractivity contribution < 1.29 is 18.3 Å². The van der Waals surface area contributed by atoms with Gasteiger partial charge in [0.05, 0.1) is 0 Å². The summed E-state index contributed by atoms with van der Waals surface area (Å²) in [6, 6.07) is 4.86. The summed E-state index contributed by atoms with van der Waals surface area (Å²) in [4.78, 5) is 11.4. The van der Waals surface area contributed by atoms with Gasteiger partial charge in [-0.25, -0.2) is 0 Å². The van der Waals surface area contributed by atoms with Crippen LogP contribution in [-0.2, 0) is 11.3 Å². The van der Waals surface area contributed by atoms with Crippen molar-refractivity contribution in [3.63, 3.8) is 0 Å². The van der Waals surface area contributed by atoms with Crippen molar-refractivity contribution in [3.05, 3.63) is 29.3 Å². The van der Waals surface area contributed by atoms with Gasteiger partial charge in [-0.2, -0.15) is 8.78 Å². The maximum atomic E-state index is 12.2. The Morgan fingerprint density at radius 3 is 2.84 bits per heavy atom. The monoisotopic (exact) mass is 272 g/mol. The molecule has 19 heavy (non-hydrogen) atoms. The van der Waals surface area contributed by atoms with E-state index in [4.69, 9.17) is 5.73 Å². The second-order valence-electron chi connectivity index (χ2n) is 4.16. The van der Waals surface area contributed by atoms with E-state index in [9.17, 15) is 13.6 Å². The van der Waals surface area contributed by atoms with Gasteiger partial charge in [0.1, 0.15) is 5.75 Å². The molecule has 0 bridgehead atoms. The van der Waals surface area contributed by atoms with Gasteiger partial charge in [-0.05, 0) is 26.0 Å². The van der Waals surface area contributed by atoms with E-state index in [1.165, 1.54) is 6.07 Å². The van der Waals surface area contributed by atoms with E-state index in [0.717, 1.165) is 5.56 Å². The lowest BCUT2D eigenvalue weighted by molar-refractivity contribution is -0.121. The molecular formula is C13H18F2N2O2. The average molecular weight is 272 g/mol. The molecule has 6 heteroatoms. The molecule has 0 saturated heterocycles. The largest absolute Gasteiger partial charge is 0.434 e. The predicted molar refractivity (Wildman–Crippen MR) is 67.9 cm³/mol. The molecule has 0 aliphatic rings. The third-order valence-electron chi connectivity index (χ3n) is 2.52. The molecule has 0 radical (unpaired) electrons. The van der Waals surface area contributed by atoms with Gasteiger partial charge < -0.3 is 15.8 Å². The highest BCUT2D eigenvalue weighted by atomic mass is 19.3. The molecule has 0 spiro atoms. The van der Waals surface area contributed by atoms with Crippen LogP contribution in [0.25, 0.3) is 0 Å². The fourth-order valence-corrected chi connectivity index (χ4v) is 1.60. The molecule has 106 valence electrons. The Hall–Kier alpha value is -1.69. The van der Waals surface area contributed by atoms with Crippen molar-refractivity contribution in [3.8, 4) is 5.75 Å². The van der Waals surface area contributed by atoms with Gasteiger partial charge in [0.25, 0.3) is 0 Å². The SMILES string of the molecule is Cc1ccc(OC(F)F)c(CNC(=O)CCCN)c1. The van der Waals surface area contributed by atoms with Gasteiger partial charge in [0, 0.05) is 18.5 Å². The number of rotatable bonds is 7. The first-order valence-corrected chi connectivity index (χ1v) is 6.04. The Balaban J connectivity index is 2.65. The number of halogens is 2. The maximum absolute atomic E-state index is 12.2. The van der Waals surface area contributed by atoms with E-state index in [-0.39, 0.29) is 18.2 Å². The molecular weight excluding hydrogens is 254 g/mol. The van der Waals surface area contributed by atoms with Crippen LogP contribution in [0.4, 0.5) is 8.78 Å². The predicted octanol–water partition coefficient (Wildman–Crippen LogP) is 1.95. The zero-order valence-electron chi connectivity index (χ0n) is 10.8. The number of carbonyl (C=O) groups is 1. The molecule has 0 unspecified atom stereocenters. The van der Waals surface area contributed by atoms with Crippen molar-refractivity contribution in [1.29, 1.82) is 0 Å². The fourth-order valence-electron chi connectivity index (χ4n) is 1.60. The minimum atomic E-state index is -2.88. The molecule has 0 fully saturated rings. The highest BCUT2D eigenvalue weighted by Crippen LogP contribution is 2.21. The number of nitrogens with two attached hydrogens (primary N) is 1. The van der Waals surface area contributed by atoms with E-state index in [1.807, 2.05) is 6.92 Å². The van der Waals surface area contributed by atoms with Crippen molar-refractivity contribution in [2.24, 2.45) is 5.73 Å². The van der Waals surface area contributed by atoms with Crippen LogP contribution in [0.1, 0.15) is 24.0 Å². The van der Waals surface area contributed by atoms with Crippen molar-refractivity contribution >= 4 is 5.91 Å². The number of amides is 1. The number of carbonyl (C=O) groups excluding carboxylic acids is 1. The molecule has 4 nitrogen and oxygen atoms in total. The Morgan fingerprint density at radius 2 is 2.21 bits per heavy atom. The molecule has 0 aliphatic carbocycles. The van der Waals surface area contributed by atoms with Gasteiger partial charge in [0.15, 0.2) is 0 Å². The highest BCUT2D eigenvalue weighted by molar-refractivity contribution is 5.75. The van der Waals surface area contributed by atoms with E-state index in [1.54, 1.807) is 12.1 Å². The van der Waals surface area contributed by atoms with Crippen molar-refractivity contribution in [1.82, 2.24) is 5.32 Å². The number of hydrogen-bond donors (Lipinski definition) is 2. The minimum absolute atomic E-state index is 0.0831. The smallest absolute Gasteiger partial charge is 0.387 e. The van der Waals surface area contributed by atoms with Crippen LogP contribution < -0.4 is 15.8 Å². The lowest BCUT2D eigenvalue weighted by Gasteiger charge is -2.12. The molecule has 1 aromatic rings. The first kappa shape index (κ1) is 15.4. The fraction of sp³-hybridized carbons (Fsp3) is 0.462. The summed E-state index contributed by atoms with van der Waals surface area (Å²) in [5.74, 6) is -0.0744. The van der Waals surface area contributed by atoms with Gasteiger partial charge in [-0.3, -0.25) is 4.79 Å². The number of aryl methyl sites for hydroxylation is 1. The Bertz CT molecular complexity index is 425. The maximum Gasteiger partial charge on any atom is 0.387 e. The molecule has 0 atom stereocenters. The molecule has 3 N–H and O–H groups in total. The van der Waals surface area contributed by atoms with Crippen molar-refractivity contribution in [2.75, 3.05) is 6.54 Å². The van der Waals surface area contributed by atoms with Crippen LogP contribution >= 0.6 is 0 Å². The second-order valence-corrected chi connectivity index (χ2v) is 4.16. The molecule has 0 aliphatic heterocycles. The van der Waals surface area contributed by atoms with Crippen LogP contribution in [0, 0.1) is 6.92 Å². The zero-order chi connectivity index (χ0) is 14.3. The molecule has 1 aromatic carbocycles. The van der Waals surface area contributed by atoms with E-state index in [0.29, 0.717) is 24.9 Å². The molecule has 1 amide bonds. The highest BCUT2D eigenvalue weighted by Gasteiger charge is 2.10. The van der Waals surface area contributed by atoms with E-state index in [2.05, 4.69) is 10.1 Å². The molecule has 0 aromatic heterocycles. The summed E-state index contributed by atoms with van der Waals surface area (Å²) < 4.78 is 28.9. The average Bonchev–Trinajstić information content (AvgIpc) is 2.36. The lowest BCUT2D eigenvalue weighted by Crippen LogP contribution is -2.23. The quantitative estimate of drug-likeness (QED) is 0.797. The van der Waals surface area contributed by atoms with Gasteiger partial charge >= 0.3 is 6.61 Å². The van der Waals surface area contributed by atoms with Crippen LogP contribution in [0.3, 0.4) is 0 Å². The summed E-state index contributed by atoms with van der Waals surface area (Å²) in [7, 11) is 0. The number of alkyl halides is 2. The van der Waals surface area contributed by atoms with Crippen LogP contribution in [0.15, 0.2) is 18.2 Å². The summed E-state index contributed by atoms with van der Waals surface area (Å²) in [6.07, 6.45) is 0.924. The third-order valence-corrected chi connectivity index (χ3v) is 2.52. The molecule has 0 saturated carbocycles. The molecule has 0 heterocycles. The molecule has 1 rings (SSSR count). The summed E-state index contributed by atoms with van der Waals surface area (Å²) >= 11 is 0. The Kier molecular flexibility index (Phi) is 6.21. The number of ether oxygens (including phenoxy) is 1. The normalized spacial score (nSPS) is 10.6. The van der Waals surface area contributed by atoms with Crippen molar-refractivity contribution in [2.45, 2.75) is 32.9 Å². The standard InChI is InChI=1S/C13H18F2N2O2/c1-9-4-5-11(19-13(14)15)10(7-9)8-17-12(18)3-2-6-16/h4-5,7,13H,2-3,6,8,16H2,1H3,(H,17,18). The van der Waals surface area contributed by atoms with Crippen LogP contribution in [-0.4, -0.2) is 19.1 Å². The first-order chi connectivity index (χ1) is 9.02. The van der Waals surface area contributed by atoms with E-state index < -0.39 is 6.61 Å². The van der Waals surface area contributed by atoms with Gasteiger partial charge in [0.2, 0.25) is 5.91 Å². The van der Waals surface area contributed by atoms with Gasteiger partial charge in [-0.15, -0.1) is 0 Å². The number of benzene rings is 1. The summed E-state index contributed by atoms with van der Waals surface area (Å²) in [5.41, 5.74) is 6.74. The Morgan fingerprint density at radius 1 is 1.47 bits per heavy atom. The van der Waals surface area contributed by atoms with Gasteiger partial charge in [-0.1, -0.05) is 17.7 Å². The van der Waals surface area contributed by atoms with Crippen LogP contribution in [0.5, 0.6) is 5.75 Å². The Labute approximate surface area is 110 Å². The zero-order valence-corrected chi connectivity index (χ0v) is 10.8. The summed E-state index contributed by atoms with van der Waals surface area (Å²) in [5, 5.41) is 2.66. The second kappa shape index (κ2) is 7.68. The number of hydrogen-bond acceptors (Lipinski definition) is 3. The van der Waals surface area contributed by atoms with Crippen LogP contribution in [0.2, 0.25) is 0 Å². The first-order valence-electron chi connectivity index (χ1n) is 6.04. The minimum Gasteiger partial charge on any atom is -0.434 e. The number of nitrogens with one attached hydrogen (secondary N) is 1. The topological polar surface area (TPSA) is 64.3 Å². The summed E-state index contributed by atoms with van der Waals surface area (Å²) in [6.45, 7) is -0.439. The lowest BCUT2D eigenvalue weighted by atomic mass is 10.1. The van der Waals surface area contributed by atoms with E-state index >= 15 is 0 Å². The third kappa shape index (κ3) is 5.65.